The summed E-state index contributed by atoms with van der Waals surface area (Å²) in [5.41, 5.74) is 1.90. The van der Waals surface area contributed by atoms with E-state index in [0.29, 0.717) is 6.42 Å². The lowest BCUT2D eigenvalue weighted by atomic mass is 10.0. The average Bonchev–Trinajstić information content (AvgIpc) is 2.29. The summed E-state index contributed by atoms with van der Waals surface area (Å²) in [4.78, 5) is 0. The second-order valence-electron chi connectivity index (χ2n) is 3.69. The number of nitrogens with zero attached hydrogens (tertiary/aromatic N) is 1. The van der Waals surface area contributed by atoms with E-state index in [1.807, 2.05) is 19.1 Å². The van der Waals surface area contributed by atoms with Crippen LogP contribution in [0.15, 0.2) is 47.6 Å². The molecule has 2 rings (SSSR count). The van der Waals surface area contributed by atoms with Gasteiger partial charge in [-0.15, -0.1) is 0 Å². The molecule has 0 aliphatic heterocycles. The van der Waals surface area contributed by atoms with E-state index in [1.165, 1.54) is 16.3 Å². The van der Waals surface area contributed by atoms with Crippen LogP contribution in [0.3, 0.4) is 0 Å². The van der Waals surface area contributed by atoms with Gasteiger partial charge in [0.05, 0.1) is 5.71 Å². The molecule has 1 N–H and O–H groups in total. The minimum atomic E-state index is 0.696. The van der Waals surface area contributed by atoms with Gasteiger partial charge < -0.3 is 5.21 Å². The monoisotopic (exact) mass is 199 g/mol. The van der Waals surface area contributed by atoms with Crippen molar-refractivity contribution < 1.29 is 5.21 Å². The Morgan fingerprint density at radius 1 is 1.13 bits per heavy atom. The highest BCUT2D eigenvalue weighted by molar-refractivity contribution is 5.87. The standard InChI is InChI=1S/C13H13NO/c1-10(14-15)8-11-6-7-12-4-2-3-5-13(12)9-11/h2-7,9,15H,8H2,1H3/b14-10+. The Morgan fingerprint density at radius 3 is 2.60 bits per heavy atom. The fourth-order valence-corrected chi connectivity index (χ4v) is 1.68. The van der Waals surface area contributed by atoms with Gasteiger partial charge in [-0.1, -0.05) is 47.6 Å². The molecular weight excluding hydrogens is 186 g/mol. The molecule has 2 nitrogen and oxygen atoms in total. The van der Waals surface area contributed by atoms with E-state index < -0.39 is 0 Å². The zero-order valence-corrected chi connectivity index (χ0v) is 8.64. The third-order valence-corrected chi connectivity index (χ3v) is 2.44. The van der Waals surface area contributed by atoms with Gasteiger partial charge in [0.25, 0.3) is 0 Å². The maximum atomic E-state index is 8.60. The van der Waals surface area contributed by atoms with E-state index in [4.69, 9.17) is 5.21 Å². The van der Waals surface area contributed by atoms with Gasteiger partial charge in [0.1, 0.15) is 0 Å². The van der Waals surface area contributed by atoms with Crippen LogP contribution in [0.4, 0.5) is 0 Å². The zero-order chi connectivity index (χ0) is 10.7. The Bertz CT molecular complexity index is 503. The minimum Gasteiger partial charge on any atom is -0.411 e. The van der Waals surface area contributed by atoms with Gasteiger partial charge in [0, 0.05) is 6.42 Å². The normalized spacial score (nSPS) is 11.9. The van der Waals surface area contributed by atoms with E-state index >= 15 is 0 Å². The van der Waals surface area contributed by atoms with Crippen LogP contribution in [0.2, 0.25) is 0 Å². The van der Waals surface area contributed by atoms with Crippen LogP contribution in [-0.2, 0) is 6.42 Å². The highest BCUT2D eigenvalue weighted by Gasteiger charge is 1.98. The highest BCUT2D eigenvalue weighted by Crippen LogP contribution is 2.16. The number of oxime groups is 1. The van der Waals surface area contributed by atoms with Crippen molar-refractivity contribution in [1.82, 2.24) is 0 Å². The predicted molar refractivity (Wildman–Crippen MR) is 62.5 cm³/mol. The summed E-state index contributed by atoms with van der Waals surface area (Å²) in [6.07, 6.45) is 0.696. The minimum absolute atomic E-state index is 0.696. The van der Waals surface area contributed by atoms with Crippen LogP contribution in [0.5, 0.6) is 0 Å². The van der Waals surface area contributed by atoms with Gasteiger partial charge in [-0.3, -0.25) is 0 Å². The maximum Gasteiger partial charge on any atom is 0.0583 e. The number of fused-ring (bicyclic) bond motifs is 1. The largest absolute Gasteiger partial charge is 0.411 e. The molecule has 0 radical (unpaired) electrons. The summed E-state index contributed by atoms with van der Waals surface area (Å²) in [6, 6.07) is 14.5. The van der Waals surface area contributed by atoms with Crippen molar-refractivity contribution in [2.45, 2.75) is 13.3 Å². The Kier molecular flexibility index (Phi) is 2.68. The summed E-state index contributed by atoms with van der Waals surface area (Å²) in [7, 11) is 0. The molecule has 0 aliphatic rings. The van der Waals surface area contributed by atoms with E-state index in [2.05, 4.69) is 35.5 Å². The van der Waals surface area contributed by atoms with Gasteiger partial charge >= 0.3 is 0 Å². The Balaban J connectivity index is 2.39. The zero-order valence-electron chi connectivity index (χ0n) is 8.64. The van der Waals surface area contributed by atoms with Gasteiger partial charge in [-0.2, -0.15) is 0 Å². The van der Waals surface area contributed by atoms with Crippen LogP contribution in [0.25, 0.3) is 10.8 Å². The summed E-state index contributed by atoms with van der Waals surface area (Å²) in [5, 5.41) is 14.2. The van der Waals surface area contributed by atoms with Crippen molar-refractivity contribution in [3.05, 3.63) is 48.0 Å². The molecule has 0 unspecified atom stereocenters. The molecule has 2 heteroatoms. The molecule has 76 valence electrons. The van der Waals surface area contributed by atoms with Gasteiger partial charge in [-0.05, 0) is 23.3 Å². The highest BCUT2D eigenvalue weighted by atomic mass is 16.4. The molecule has 0 saturated heterocycles. The van der Waals surface area contributed by atoms with Crippen LogP contribution in [0, 0.1) is 0 Å². The summed E-state index contributed by atoms with van der Waals surface area (Å²) in [5.74, 6) is 0. The van der Waals surface area contributed by atoms with Crippen molar-refractivity contribution in [2.24, 2.45) is 5.16 Å². The predicted octanol–water partition coefficient (Wildman–Crippen LogP) is 3.23. The lowest BCUT2D eigenvalue weighted by Gasteiger charge is -2.02. The molecule has 0 aromatic heterocycles. The first-order valence-corrected chi connectivity index (χ1v) is 4.95. The fourth-order valence-electron chi connectivity index (χ4n) is 1.68. The number of benzene rings is 2. The molecule has 0 fully saturated rings. The molecule has 0 aliphatic carbocycles. The lowest BCUT2D eigenvalue weighted by molar-refractivity contribution is 0.317. The first-order chi connectivity index (χ1) is 7.29. The second kappa shape index (κ2) is 4.13. The summed E-state index contributed by atoms with van der Waals surface area (Å²) < 4.78 is 0. The Labute approximate surface area is 88.9 Å². The first-order valence-electron chi connectivity index (χ1n) is 4.95. The Morgan fingerprint density at radius 2 is 1.87 bits per heavy atom. The molecule has 15 heavy (non-hydrogen) atoms. The molecule has 0 saturated carbocycles. The average molecular weight is 199 g/mol. The molecule has 0 bridgehead atoms. The van der Waals surface area contributed by atoms with Gasteiger partial charge in [-0.25, -0.2) is 0 Å². The quantitative estimate of drug-likeness (QED) is 0.449. The third kappa shape index (κ3) is 2.15. The first kappa shape index (κ1) is 9.71. The molecule has 2 aromatic rings. The van der Waals surface area contributed by atoms with E-state index in [0.717, 1.165) is 5.71 Å². The molecule has 2 aromatic carbocycles. The molecule has 0 heterocycles. The SMILES string of the molecule is C/C(Cc1ccc2ccccc2c1)=N\O. The molecular formula is C13H13NO. The third-order valence-electron chi connectivity index (χ3n) is 2.44. The van der Waals surface area contributed by atoms with Crippen LogP contribution < -0.4 is 0 Å². The Hall–Kier alpha value is -1.83. The maximum absolute atomic E-state index is 8.60. The van der Waals surface area contributed by atoms with E-state index in [-0.39, 0.29) is 0 Å². The number of hydrogen-bond donors (Lipinski definition) is 1. The van der Waals surface area contributed by atoms with Gasteiger partial charge in [0.15, 0.2) is 0 Å². The summed E-state index contributed by atoms with van der Waals surface area (Å²) in [6.45, 7) is 1.81. The molecule has 0 amide bonds. The molecule has 0 atom stereocenters. The van der Waals surface area contributed by atoms with Crippen LogP contribution >= 0.6 is 0 Å². The van der Waals surface area contributed by atoms with Crippen molar-refractivity contribution >= 4 is 16.5 Å². The lowest BCUT2D eigenvalue weighted by Crippen LogP contribution is -1.96. The second-order valence-corrected chi connectivity index (χ2v) is 3.69. The van der Waals surface area contributed by atoms with Crippen molar-refractivity contribution in [3.63, 3.8) is 0 Å². The van der Waals surface area contributed by atoms with E-state index in [1.54, 1.807) is 0 Å². The molecule has 0 spiro atoms. The summed E-state index contributed by atoms with van der Waals surface area (Å²) >= 11 is 0. The fraction of sp³-hybridized carbons (Fsp3) is 0.154. The van der Waals surface area contributed by atoms with Crippen molar-refractivity contribution in [2.75, 3.05) is 0 Å². The smallest absolute Gasteiger partial charge is 0.0583 e. The number of hydrogen-bond acceptors (Lipinski definition) is 2. The van der Waals surface area contributed by atoms with Crippen molar-refractivity contribution in [3.8, 4) is 0 Å². The number of rotatable bonds is 2. The topological polar surface area (TPSA) is 32.6 Å². The van der Waals surface area contributed by atoms with Crippen LogP contribution in [0.1, 0.15) is 12.5 Å². The van der Waals surface area contributed by atoms with Gasteiger partial charge in [0.2, 0.25) is 0 Å². The van der Waals surface area contributed by atoms with E-state index in [9.17, 15) is 0 Å². The van der Waals surface area contributed by atoms with Crippen molar-refractivity contribution in [1.29, 1.82) is 0 Å². The van der Waals surface area contributed by atoms with Crippen LogP contribution in [-0.4, -0.2) is 10.9 Å².